The number of fused-ring (bicyclic) bond motifs is 2. The average molecular weight is 1090 g/mol. The van der Waals surface area contributed by atoms with Crippen molar-refractivity contribution in [1.82, 2.24) is 14.9 Å². The molecule has 14 rings (SSSR count). The van der Waals surface area contributed by atoms with Gasteiger partial charge in [-0.15, -0.1) is 0 Å². The molecule has 0 saturated heterocycles. The van der Waals surface area contributed by atoms with Crippen molar-refractivity contribution in [2.45, 2.75) is 13.8 Å². The van der Waals surface area contributed by atoms with Crippen molar-refractivity contribution in [3.05, 3.63) is 232 Å². The largest absolute Gasteiger partial charge is 0.425 e. The SMILES string of the molecule is Cc1ccc(N(c2ccc(C)cc2)c2cccc(OC(=O)CN3C(=O)c4ccc5c6c(ccc(c46)C3=O)C(=O)N(CC(=O)ON3C(=O)c4ccc6c7c(ccc(c47)C3=O)C(=O)N(c3cccc4cc7ccccc7cc34)C6=O)C5=O)c2)cc1. The predicted molar refractivity (Wildman–Crippen MR) is 304 cm³/mol. The van der Waals surface area contributed by atoms with Gasteiger partial charge in [0.05, 0.1) is 16.8 Å². The van der Waals surface area contributed by atoms with Crippen molar-refractivity contribution in [3.63, 3.8) is 0 Å². The van der Waals surface area contributed by atoms with Crippen LogP contribution in [0.5, 0.6) is 5.75 Å². The van der Waals surface area contributed by atoms with E-state index < -0.39 is 72.3 Å². The van der Waals surface area contributed by atoms with Gasteiger partial charge in [0.15, 0.2) is 0 Å². The minimum atomic E-state index is -1.37. The Morgan fingerprint density at radius 2 is 0.795 bits per heavy atom. The number of imide groups is 4. The van der Waals surface area contributed by atoms with Gasteiger partial charge in [-0.2, -0.15) is 0 Å². The van der Waals surface area contributed by atoms with Crippen LogP contribution in [-0.2, 0) is 14.4 Å². The first-order chi connectivity index (χ1) is 40.1. The van der Waals surface area contributed by atoms with Crippen LogP contribution in [0.4, 0.5) is 22.7 Å². The van der Waals surface area contributed by atoms with Crippen LogP contribution < -0.4 is 14.5 Å². The van der Waals surface area contributed by atoms with E-state index in [2.05, 4.69) is 0 Å². The van der Waals surface area contributed by atoms with Gasteiger partial charge in [-0.1, -0.05) is 82.9 Å². The van der Waals surface area contributed by atoms with Crippen LogP contribution in [0.15, 0.2) is 176 Å². The van der Waals surface area contributed by atoms with Crippen molar-refractivity contribution in [1.29, 1.82) is 0 Å². The molecule has 0 bridgehead atoms. The number of rotatable bonds is 10. The van der Waals surface area contributed by atoms with E-state index in [0.29, 0.717) is 21.7 Å². The number of hydrogen-bond acceptors (Lipinski definition) is 13. The molecule has 0 atom stereocenters. The van der Waals surface area contributed by atoms with Crippen molar-refractivity contribution < 1.29 is 57.5 Å². The second-order valence-electron chi connectivity index (χ2n) is 20.5. The van der Waals surface area contributed by atoms with Gasteiger partial charge in [0.1, 0.15) is 18.8 Å². The number of carbonyl (C=O) groups excluding carboxylic acids is 10. The van der Waals surface area contributed by atoms with E-state index in [1.807, 2.05) is 116 Å². The topological polar surface area (TPSA) is 205 Å². The van der Waals surface area contributed by atoms with Crippen LogP contribution in [0.2, 0.25) is 0 Å². The maximum atomic E-state index is 14.4. The lowest BCUT2D eigenvalue weighted by molar-refractivity contribution is -0.169. The van der Waals surface area contributed by atoms with Gasteiger partial charge < -0.3 is 14.5 Å². The Kier molecular flexibility index (Phi) is 11.1. The highest BCUT2D eigenvalue weighted by Gasteiger charge is 2.45. The molecule has 4 aliphatic rings. The van der Waals surface area contributed by atoms with E-state index in [-0.39, 0.29) is 76.9 Å². The molecule has 0 saturated carbocycles. The molecule has 0 spiro atoms. The molecular weight excluding hydrogens is 1050 g/mol. The van der Waals surface area contributed by atoms with Crippen molar-refractivity contribution in [2.75, 3.05) is 22.9 Å². The smallest absolute Gasteiger partial charge is 0.352 e. The van der Waals surface area contributed by atoms with Gasteiger partial charge in [-0.05, 0) is 133 Å². The summed E-state index contributed by atoms with van der Waals surface area (Å²) in [5, 5.41) is 3.55. The molecule has 4 heterocycles. The minimum Gasteiger partial charge on any atom is -0.425 e. The molecule has 4 aliphatic heterocycles. The summed E-state index contributed by atoms with van der Waals surface area (Å²) in [6.45, 7) is 2.10. The summed E-state index contributed by atoms with van der Waals surface area (Å²) in [4.78, 5) is 151. The minimum absolute atomic E-state index is 0.00651. The van der Waals surface area contributed by atoms with Crippen LogP contribution in [-0.4, -0.2) is 87.1 Å². The molecule has 0 fully saturated rings. The van der Waals surface area contributed by atoms with Gasteiger partial charge in [0, 0.05) is 83.4 Å². The lowest BCUT2D eigenvalue weighted by Gasteiger charge is -2.32. The number of anilines is 4. The third-order valence-electron chi connectivity index (χ3n) is 15.5. The molecule has 10 aromatic rings. The van der Waals surface area contributed by atoms with Gasteiger partial charge >= 0.3 is 11.9 Å². The number of esters is 1. The summed E-state index contributed by atoms with van der Waals surface area (Å²) < 4.78 is 5.75. The van der Waals surface area contributed by atoms with E-state index in [4.69, 9.17) is 9.57 Å². The zero-order chi connectivity index (χ0) is 57.3. The van der Waals surface area contributed by atoms with Crippen LogP contribution >= 0.6 is 0 Å². The number of hydroxylamine groups is 2. The molecule has 400 valence electrons. The molecular formula is C66H39N5O12. The zero-order valence-electron chi connectivity index (χ0n) is 43.8. The second kappa shape index (κ2) is 18.6. The molecule has 0 aliphatic carbocycles. The summed E-state index contributed by atoms with van der Waals surface area (Å²) >= 11 is 0. The number of amides is 8. The number of nitrogens with zero attached hydrogens (tertiary/aromatic N) is 5. The second-order valence-corrected chi connectivity index (χ2v) is 20.5. The monoisotopic (exact) mass is 1090 g/mol. The van der Waals surface area contributed by atoms with E-state index >= 15 is 0 Å². The van der Waals surface area contributed by atoms with Crippen LogP contribution in [0, 0.1) is 13.8 Å². The van der Waals surface area contributed by atoms with E-state index in [0.717, 1.165) is 48.5 Å². The molecule has 83 heavy (non-hydrogen) atoms. The first-order valence-electron chi connectivity index (χ1n) is 26.2. The highest BCUT2D eigenvalue weighted by atomic mass is 16.7. The Morgan fingerprint density at radius 1 is 0.386 bits per heavy atom. The number of carbonyl (C=O) groups is 10. The predicted octanol–water partition coefficient (Wildman–Crippen LogP) is 10.7. The summed E-state index contributed by atoms with van der Waals surface area (Å²) in [6.07, 6.45) is 0. The summed E-state index contributed by atoms with van der Waals surface area (Å²) in [6, 6.07) is 49.9. The molecule has 10 aromatic carbocycles. The molecule has 0 radical (unpaired) electrons. The molecule has 17 nitrogen and oxygen atoms in total. The fourth-order valence-electron chi connectivity index (χ4n) is 11.6. The lowest BCUT2D eigenvalue weighted by atomic mass is 9.86. The fraction of sp³-hybridized carbons (Fsp3) is 0.0606. The molecule has 0 aromatic heterocycles. The fourth-order valence-corrected chi connectivity index (χ4v) is 11.6. The normalized spacial score (nSPS) is 14.4. The highest BCUT2D eigenvalue weighted by molar-refractivity contribution is 6.40. The summed E-state index contributed by atoms with van der Waals surface area (Å²) in [5.74, 6) is -9.55. The van der Waals surface area contributed by atoms with E-state index in [1.54, 1.807) is 30.3 Å². The van der Waals surface area contributed by atoms with Crippen molar-refractivity contribution in [2.24, 2.45) is 0 Å². The highest BCUT2D eigenvalue weighted by Crippen LogP contribution is 2.43. The van der Waals surface area contributed by atoms with Crippen LogP contribution in [0.3, 0.4) is 0 Å². The summed E-state index contributed by atoms with van der Waals surface area (Å²) in [5.41, 5.74) is 4.17. The molecule has 8 amide bonds. The molecule has 0 N–H and O–H groups in total. The number of ether oxygens (including phenoxy) is 1. The Labute approximate surface area is 469 Å². The third kappa shape index (κ3) is 7.69. The maximum absolute atomic E-state index is 14.4. The van der Waals surface area contributed by atoms with E-state index in [1.165, 1.54) is 48.5 Å². The third-order valence-corrected chi connectivity index (χ3v) is 15.5. The zero-order valence-corrected chi connectivity index (χ0v) is 43.8. The first-order valence-corrected chi connectivity index (χ1v) is 26.2. The number of benzene rings is 10. The maximum Gasteiger partial charge on any atom is 0.352 e. The van der Waals surface area contributed by atoms with E-state index in [9.17, 15) is 47.9 Å². The summed E-state index contributed by atoms with van der Waals surface area (Å²) in [7, 11) is 0. The average Bonchev–Trinajstić information content (AvgIpc) is 3.37. The van der Waals surface area contributed by atoms with Gasteiger partial charge in [-0.3, -0.25) is 48.2 Å². The van der Waals surface area contributed by atoms with Crippen molar-refractivity contribution in [3.8, 4) is 5.75 Å². The Morgan fingerprint density at radius 3 is 1.28 bits per heavy atom. The Hall–Kier alpha value is -11.5. The Bertz CT molecular complexity index is 4540. The molecule has 0 unspecified atom stereocenters. The van der Waals surface area contributed by atoms with Gasteiger partial charge in [0.2, 0.25) is 0 Å². The number of hydrogen-bond donors (Lipinski definition) is 0. The quantitative estimate of drug-likeness (QED) is 0.0541. The lowest BCUT2D eigenvalue weighted by Crippen LogP contribution is -2.48. The Balaban J connectivity index is 0.683. The van der Waals surface area contributed by atoms with Crippen LogP contribution in [0.25, 0.3) is 43.1 Å². The molecule has 17 heteroatoms. The number of aryl methyl sites for hydroxylation is 2. The van der Waals surface area contributed by atoms with Gasteiger partial charge in [0.25, 0.3) is 47.3 Å². The first kappa shape index (κ1) is 49.8. The van der Waals surface area contributed by atoms with Crippen LogP contribution in [0.1, 0.15) is 94.0 Å². The van der Waals surface area contributed by atoms with Gasteiger partial charge in [-0.25, -0.2) is 14.5 Å². The standard InChI is InChI=1S/C66H39N5O12/c1-34-13-17-39(18-14-34)69(40-19-15-35(2)16-20-40)41-10-6-11-42(31-41)82-53(72)32-67-59(74)43-21-23-45-56-46(24-22-44(55(43)56)60(67)75)62(77)68(61(45)76)33-54(73)83-71-65(80)49-27-25-47-57-48(26-28-50(58(49)57)66(71)81)64(79)70(63(47)78)52-12-5-9-38-29-36-7-3-4-8-37(36)30-51(38)52/h3-31H,32-33H2,1-2H3. The van der Waals surface area contributed by atoms with Crippen molar-refractivity contribution >= 4 is 125 Å².